The van der Waals surface area contributed by atoms with Crippen molar-refractivity contribution in [3.8, 4) is 0 Å². The van der Waals surface area contributed by atoms with E-state index in [-0.39, 0.29) is 6.04 Å². The van der Waals surface area contributed by atoms with Crippen LogP contribution in [-0.4, -0.2) is 13.2 Å². The molecule has 1 aliphatic carbocycles. The molecule has 1 aromatic rings. The molecule has 2 heteroatoms. The third-order valence-electron chi connectivity index (χ3n) is 3.31. The van der Waals surface area contributed by atoms with E-state index in [0.717, 1.165) is 12.5 Å². The van der Waals surface area contributed by atoms with Crippen LogP contribution in [0.5, 0.6) is 0 Å². The number of rotatable bonds is 5. The molecule has 1 aliphatic rings. The summed E-state index contributed by atoms with van der Waals surface area (Å²) in [6.45, 7) is 5.77. The topological polar surface area (TPSA) is 35.2 Å². The molecule has 0 saturated heterocycles. The van der Waals surface area contributed by atoms with E-state index in [4.69, 9.17) is 10.5 Å². The lowest BCUT2D eigenvalue weighted by Gasteiger charge is -2.14. The van der Waals surface area contributed by atoms with Gasteiger partial charge in [0.05, 0.1) is 12.6 Å². The minimum atomic E-state index is 0.0121. The second kappa shape index (κ2) is 4.98. The molecule has 1 fully saturated rings. The molecule has 0 amide bonds. The molecule has 0 bridgehead atoms. The van der Waals surface area contributed by atoms with Gasteiger partial charge in [-0.2, -0.15) is 0 Å². The van der Waals surface area contributed by atoms with Gasteiger partial charge in [0, 0.05) is 6.61 Å². The zero-order chi connectivity index (χ0) is 11.5. The summed E-state index contributed by atoms with van der Waals surface area (Å²) in [6.07, 6.45) is 2.66. The van der Waals surface area contributed by atoms with Gasteiger partial charge in [-0.15, -0.1) is 0 Å². The molecule has 0 heterocycles. The second-order valence-corrected chi connectivity index (χ2v) is 4.93. The van der Waals surface area contributed by atoms with E-state index >= 15 is 0 Å². The minimum Gasteiger partial charge on any atom is -0.379 e. The maximum Gasteiger partial charge on any atom is 0.0659 e. The summed E-state index contributed by atoms with van der Waals surface area (Å²) in [6, 6.07) is 6.41. The van der Waals surface area contributed by atoms with Crippen molar-refractivity contribution in [2.24, 2.45) is 11.7 Å². The zero-order valence-electron chi connectivity index (χ0n) is 10.2. The lowest BCUT2D eigenvalue weighted by atomic mass is 10.0. The third kappa shape index (κ3) is 3.06. The van der Waals surface area contributed by atoms with E-state index in [1.165, 1.54) is 29.5 Å². The van der Waals surface area contributed by atoms with E-state index in [0.29, 0.717) is 6.61 Å². The molecule has 2 N–H and O–H groups in total. The Morgan fingerprint density at radius 3 is 2.69 bits per heavy atom. The highest BCUT2D eigenvalue weighted by Gasteiger charge is 2.21. The fourth-order valence-corrected chi connectivity index (χ4v) is 1.74. The molecule has 16 heavy (non-hydrogen) atoms. The van der Waals surface area contributed by atoms with Crippen LogP contribution in [0.3, 0.4) is 0 Å². The quantitative estimate of drug-likeness (QED) is 0.826. The maximum absolute atomic E-state index is 6.10. The summed E-state index contributed by atoms with van der Waals surface area (Å²) in [5, 5.41) is 0. The third-order valence-corrected chi connectivity index (χ3v) is 3.31. The Morgan fingerprint density at radius 1 is 1.31 bits per heavy atom. The Bertz CT molecular complexity index is 358. The molecule has 1 unspecified atom stereocenters. The van der Waals surface area contributed by atoms with Gasteiger partial charge in [0.1, 0.15) is 0 Å². The Labute approximate surface area is 97.8 Å². The molecule has 0 aliphatic heterocycles. The fourth-order valence-electron chi connectivity index (χ4n) is 1.74. The molecule has 2 rings (SSSR count). The van der Waals surface area contributed by atoms with Crippen molar-refractivity contribution in [1.82, 2.24) is 0 Å². The first-order chi connectivity index (χ1) is 7.66. The van der Waals surface area contributed by atoms with E-state index in [2.05, 4.69) is 32.0 Å². The fraction of sp³-hybridized carbons (Fsp3) is 0.571. The van der Waals surface area contributed by atoms with Gasteiger partial charge in [-0.1, -0.05) is 18.2 Å². The molecule has 0 spiro atoms. The number of ether oxygens (including phenoxy) is 1. The first kappa shape index (κ1) is 11.6. The maximum atomic E-state index is 6.10. The van der Waals surface area contributed by atoms with Gasteiger partial charge in [-0.05, 0) is 49.3 Å². The number of aryl methyl sites for hydroxylation is 2. The number of nitrogens with two attached hydrogens (primary N) is 1. The van der Waals surface area contributed by atoms with Crippen molar-refractivity contribution >= 4 is 0 Å². The summed E-state index contributed by atoms with van der Waals surface area (Å²) in [5.74, 6) is 0.812. The highest BCUT2D eigenvalue weighted by molar-refractivity contribution is 5.31. The predicted octanol–water partition coefficient (Wildman–Crippen LogP) is 2.73. The van der Waals surface area contributed by atoms with Crippen LogP contribution in [0, 0.1) is 19.8 Å². The SMILES string of the molecule is Cc1ccc(C(N)COCC2CC2)cc1C. The van der Waals surface area contributed by atoms with Gasteiger partial charge >= 0.3 is 0 Å². The van der Waals surface area contributed by atoms with Gasteiger partial charge in [0.15, 0.2) is 0 Å². The molecule has 1 aromatic carbocycles. The zero-order valence-corrected chi connectivity index (χ0v) is 10.2. The van der Waals surface area contributed by atoms with Crippen LogP contribution in [0.1, 0.15) is 35.6 Å². The second-order valence-electron chi connectivity index (χ2n) is 4.93. The highest BCUT2D eigenvalue weighted by atomic mass is 16.5. The van der Waals surface area contributed by atoms with E-state index in [1.54, 1.807) is 0 Å². The molecule has 0 aromatic heterocycles. The van der Waals surface area contributed by atoms with Crippen molar-refractivity contribution in [1.29, 1.82) is 0 Å². The number of benzene rings is 1. The number of hydrogen-bond acceptors (Lipinski definition) is 2. The first-order valence-electron chi connectivity index (χ1n) is 6.07. The average Bonchev–Trinajstić information content (AvgIpc) is 3.06. The Morgan fingerprint density at radius 2 is 2.06 bits per heavy atom. The van der Waals surface area contributed by atoms with Crippen molar-refractivity contribution in [3.05, 3.63) is 34.9 Å². The van der Waals surface area contributed by atoms with Crippen LogP contribution in [-0.2, 0) is 4.74 Å². The van der Waals surface area contributed by atoms with Gasteiger partial charge in [0.25, 0.3) is 0 Å². The summed E-state index contributed by atoms with van der Waals surface area (Å²) in [7, 11) is 0. The van der Waals surface area contributed by atoms with Gasteiger partial charge in [0.2, 0.25) is 0 Å². The van der Waals surface area contributed by atoms with Gasteiger partial charge in [-0.25, -0.2) is 0 Å². The molecular weight excluding hydrogens is 198 g/mol. The molecule has 0 radical (unpaired) electrons. The van der Waals surface area contributed by atoms with Crippen LogP contribution in [0.4, 0.5) is 0 Å². The first-order valence-corrected chi connectivity index (χ1v) is 6.07. The van der Waals surface area contributed by atoms with Gasteiger partial charge < -0.3 is 10.5 Å². The van der Waals surface area contributed by atoms with Crippen LogP contribution in [0.2, 0.25) is 0 Å². The molecular formula is C14H21NO. The number of hydrogen-bond donors (Lipinski definition) is 1. The summed E-state index contributed by atoms with van der Waals surface area (Å²) < 4.78 is 5.62. The van der Waals surface area contributed by atoms with Crippen LogP contribution >= 0.6 is 0 Å². The van der Waals surface area contributed by atoms with Crippen LogP contribution in [0.15, 0.2) is 18.2 Å². The Kier molecular flexibility index (Phi) is 3.62. The van der Waals surface area contributed by atoms with E-state index < -0.39 is 0 Å². The Hall–Kier alpha value is -0.860. The van der Waals surface area contributed by atoms with Crippen molar-refractivity contribution in [2.75, 3.05) is 13.2 Å². The standard InChI is InChI=1S/C14H21NO/c1-10-3-6-13(7-11(10)2)14(15)9-16-8-12-4-5-12/h3,6-7,12,14H,4-5,8-9,15H2,1-2H3. The van der Waals surface area contributed by atoms with E-state index in [1.807, 2.05) is 0 Å². The molecule has 2 nitrogen and oxygen atoms in total. The highest BCUT2D eigenvalue weighted by Crippen LogP contribution is 2.29. The van der Waals surface area contributed by atoms with Crippen molar-refractivity contribution < 1.29 is 4.74 Å². The van der Waals surface area contributed by atoms with Crippen LogP contribution < -0.4 is 5.73 Å². The van der Waals surface area contributed by atoms with Crippen molar-refractivity contribution in [2.45, 2.75) is 32.7 Å². The summed E-state index contributed by atoms with van der Waals surface area (Å²) in [4.78, 5) is 0. The van der Waals surface area contributed by atoms with Gasteiger partial charge in [-0.3, -0.25) is 0 Å². The Balaban J connectivity index is 1.86. The predicted molar refractivity (Wildman–Crippen MR) is 66.4 cm³/mol. The minimum absolute atomic E-state index is 0.0121. The lowest BCUT2D eigenvalue weighted by molar-refractivity contribution is 0.112. The average molecular weight is 219 g/mol. The summed E-state index contributed by atoms with van der Waals surface area (Å²) >= 11 is 0. The smallest absolute Gasteiger partial charge is 0.0659 e. The molecule has 1 atom stereocenters. The normalized spacial score (nSPS) is 17.4. The van der Waals surface area contributed by atoms with Crippen molar-refractivity contribution in [3.63, 3.8) is 0 Å². The molecule has 1 saturated carbocycles. The largest absolute Gasteiger partial charge is 0.379 e. The van der Waals surface area contributed by atoms with E-state index in [9.17, 15) is 0 Å². The van der Waals surface area contributed by atoms with Crippen LogP contribution in [0.25, 0.3) is 0 Å². The summed E-state index contributed by atoms with van der Waals surface area (Å²) in [5.41, 5.74) is 9.89. The monoisotopic (exact) mass is 219 g/mol. The lowest BCUT2D eigenvalue weighted by Crippen LogP contribution is -2.18. The molecule has 88 valence electrons.